The largest absolute Gasteiger partial charge is 0.497 e. The van der Waals surface area contributed by atoms with Gasteiger partial charge in [0, 0.05) is 25.0 Å². The number of hydrogen-bond acceptors (Lipinski definition) is 5. The fourth-order valence-corrected chi connectivity index (χ4v) is 2.72. The summed E-state index contributed by atoms with van der Waals surface area (Å²) < 4.78 is 10.4. The summed E-state index contributed by atoms with van der Waals surface area (Å²) in [5.74, 6) is 0.248. The Morgan fingerprint density at radius 3 is 2.50 bits per heavy atom. The van der Waals surface area contributed by atoms with Gasteiger partial charge in [-0.25, -0.2) is 0 Å². The van der Waals surface area contributed by atoms with Gasteiger partial charge in [0.15, 0.2) is 0 Å². The van der Waals surface area contributed by atoms with E-state index in [1.54, 1.807) is 37.7 Å². The molecule has 0 bridgehead atoms. The predicted molar refractivity (Wildman–Crippen MR) is 95.9 cm³/mol. The van der Waals surface area contributed by atoms with Gasteiger partial charge in [0.1, 0.15) is 11.5 Å². The van der Waals surface area contributed by atoms with Gasteiger partial charge in [-0.2, -0.15) is 0 Å². The molecule has 0 aliphatic heterocycles. The highest BCUT2D eigenvalue weighted by Crippen LogP contribution is 2.40. The van der Waals surface area contributed by atoms with Crippen molar-refractivity contribution in [2.24, 2.45) is 11.8 Å². The van der Waals surface area contributed by atoms with E-state index in [4.69, 9.17) is 9.47 Å². The third kappa shape index (κ3) is 4.11. The van der Waals surface area contributed by atoms with E-state index in [0.717, 1.165) is 5.56 Å². The number of aromatic nitrogens is 1. The Morgan fingerprint density at radius 2 is 1.81 bits per heavy atom. The molecule has 1 fully saturated rings. The van der Waals surface area contributed by atoms with Crippen LogP contribution in [0.2, 0.25) is 0 Å². The van der Waals surface area contributed by atoms with Crippen molar-refractivity contribution < 1.29 is 19.1 Å². The summed E-state index contributed by atoms with van der Waals surface area (Å²) in [6, 6.07) is 8.84. The Bertz CT molecular complexity index is 795. The van der Waals surface area contributed by atoms with Crippen molar-refractivity contribution in [3.05, 3.63) is 48.3 Å². The zero-order valence-electron chi connectivity index (χ0n) is 14.7. The minimum Gasteiger partial charge on any atom is -0.497 e. The fourth-order valence-electron chi connectivity index (χ4n) is 2.72. The minimum absolute atomic E-state index is 0.108. The van der Waals surface area contributed by atoms with Crippen molar-refractivity contribution in [1.29, 1.82) is 0 Å². The molecule has 1 aromatic heterocycles. The van der Waals surface area contributed by atoms with Crippen molar-refractivity contribution in [2.75, 3.05) is 19.5 Å². The lowest BCUT2D eigenvalue weighted by Crippen LogP contribution is -2.27. The Morgan fingerprint density at radius 1 is 1.08 bits per heavy atom. The van der Waals surface area contributed by atoms with E-state index in [1.165, 1.54) is 7.11 Å². The molecule has 26 heavy (non-hydrogen) atoms. The standard InChI is InChI=1S/C19H21N3O4/c1-25-13-3-4-16(17(9-13)26-2)22-19(24)15-10-14(15)18(23)21-11-12-5-7-20-8-6-12/h3-9,14-15H,10-11H2,1-2H3,(H,21,23)(H,22,24). The molecule has 7 nitrogen and oxygen atoms in total. The van der Waals surface area contributed by atoms with Crippen LogP contribution in [0.4, 0.5) is 5.69 Å². The first-order chi connectivity index (χ1) is 12.6. The molecule has 2 atom stereocenters. The number of carbonyl (C=O) groups excluding carboxylic acids is 2. The lowest BCUT2D eigenvalue weighted by molar-refractivity contribution is -0.125. The molecule has 2 aromatic rings. The molecule has 136 valence electrons. The van der Waals surface area contributed by atoms with Crippen LogP contribution in [0.15, 0.2) is 42.7 Å². The van der Waals surface area contributed by atoms with Gasteiger partial charge < -0.3 is 20.1 Å². The third-order valence-electron chi connectivity index (χ3n) is 4.35. The number of rotatable bonds is 7. The van der Waals surface area contributed by atoms with Gasteiger partial charge in [0.25, 0.3) is 0 Å². The second-order valence-corrected chi connectivity index (χ2v) is 6.08. The SMILES string of the molecule is COc1ccc(NC(=O)C2CC2C(=O)NCc2ccncc2)c(OC)c1. The summed E-state index contributed by atoms with van der Waals surface area (Å²) in [4.78, 5) is 28.5. The number of nitrogens with one attached hydrogen (secondary N) is 2. The first-order valence-electron chi connectivity index (χ1n) is 8.32. The van der Waals surface area contributed by atoms with Gasteiger partial charge in [-0.1, -0.05) is 0 Å². The molecular formula is C19H21N3O4. The number of hydrogen-bond donors (Lipinski definition) is 2. The topological polar surface area (TPSA) is 89.5 Å². The van der Waals surface area contributed by atoms with E-state index >= 15 is 0 Å². The summed E-state index contributed by atoms with van der Waals surface area (Å²) in [6.07, 6.45) is 3.90. The van der Waals surface area contributed by atoms with Crippen molar-refractivity contribution in [3.63, 3.8) is 0 Å². The molecule has 3 rings (SSSR count). The van der Waals surface area contributed by atoms with Crippen LogP contribution in [0.1, 0.15) is 12.0 Å². The Kier molecular flexibility index (Phi) is 5.36. The predicted octanol–water partition coefficient (Wildman–Crippen LogP) is 1.99. The average Bonchev–Trinajstić information content (AvgIpc) is 3.48. The van der Waals surface area contributed by atoms with Gasteiger partial charge in [-0.15, -0.1) is 0 Å². The van der Waals surface area contributed by atoms with Crippen LogP contribution < -0.4 is 20.1 Å². The van der Waals surface area contributed by atoms with Crippen LogP contribution in [-0.2, 0) is 16.1 Å². The molecule has 1 heterocycles. The molecule has 0 spiro atoms. The lowest BCUT2D eigenvalue weighted by Gasteiger charge is -2.11. The highest BCUT2D eigenvalue weighted by molar-refractivity contribution is 6.00. The number of ether oxygens (including phenoxy) is 2. The molecule has 1 aliphatic carbocycles. The minimum atomic E-state index is -0.320. The van der Waals surface area contributed by atoms with Crippen LogP contribution in [0.5, 0.6) is 11.5 Å². The molecule has 2 unspecified atom stereocenters. The zero-order valence-corrected chi connectivity index (χ0v) is 14.7. The van der Waals surface area contributed by atoms with Crippen LogP contribution in [0, 0.1) is 11.8 Å². The van der Waals surface area contributed by atoms with Crippen LogP contribution in [0.3, 0.4) is 0 Å². The van der Waals surface area contributed by atoms with E-state index in [-0.39, 0.29) is 23.7 Å². The van der Waals surface area contributed by atoms with Gasteiger partial charge in [-0.05, 0) is 36.2 Å². The van der Waals surface area contributed by atoms with Crippen molar-refractivity contribution in [1.82, 2.24) is 10.3 Å². The van der Waals surface area contributed by atoms with Crippen LogP contribution in [0.25, 0.3) is 0 Å². The maximum Gasteiger partial charge on any atom is 0.228 e. The Labute approximate surface area is 151 Å². The molecule has 1 aromatic carbocycles. The second-order valence-electron chi connectivity index (χ2n) is 6.08. The monoisotopic (exact) mass is 355 g/mol. The average molecular weight is 355 g/mol. The molecule has 2 N–H and O–H groups in total. The highest BCUT2D eigenvalue weighted by atomic mass is 16.5. The first-order valence-corrected chi connectivity index (χ1v) is 8.32. The van der Waals surface area contributed by atoms with Gasteiger partial charge in [0.2, 0.25) is 11.8 Å². The number of pyridine rings is 1. The zero-order chi connectivity index (χ0) is 18.5. The van der Waals surface area contributed by atoms with Crippen LogP contribution >= 0.6 is 0 Å². The Hall–Kier alpha value is -3.09. The highest BCUT2D eigenvalue weighted by Gasteiger charge is 2.48. The number of amides is 2. The van der Waals surface area contributed by atoms with Crippen molar-refractivity contribution in [2.45, 2.75) is 13.0 Å². The molecule has 7 heteroatoms. The molecule has 1 saturated carbocycles. The normalized spacial score (nSPS) is 17.9. The molecule has 0 saturated heterocycles. The maximum atomic E-state index is 12.4. The number of carbonyl (C=O) groups is 2. The van der Waals surface area contributed by atoms with E-state index in [0.29, 0.717) is 30.2 Å². The smallest absolute Gasteiger partial charge is 0.228 e. The summed E-state index contributed by atoms with van der Waals surface area (Å²) in [6.45, 7) is 0.429. The fraction of sp³-hybridized carbons (Fsp3) is 0.316. The van der Waals surface area contributed by atoms with E-state index in [9.17, 15) is 9.59 Å². The number of methoxy groups -OCH3 is 2. The molecule has 1 aliphatic rings. The lowest BCUT2D eigenvalue weighted by atomic mass is 10.2. The van der Waals surface area contributed by atoms with Crippen molar-refractivity contribution in [3.8, 4) is 11.5 Å². The molecule has 2 amide bonds. The number of anilines is 1. The molecule has 0 radical (unpaired) electrons. The van der Waals surface area contributed by atoms with E-state index in [1.807, 2.05) is 12.1 Å². The molecular weight excluding hydrogens is 334 g/mol. The van der Waals surface area contributed by atoms with E-state index in [2.05, 4.69) is 15.6 Å². The summed E-state index contributed by atoms with van der Waals surface area (Å²) in [5.41, 5.74) is 1.53. The van der Waals surface area contributed by atoms with Gasteiger partial charge >= 0.3 is 0 Å². The summed E-state index contributed by atoms with van der Waals surface area (Å²) in [7, 11) is 3.09. The van der Waals surface area contributed by atoms with Gasteiger partial charge in [0.05, 0.1) is 31.7 Å². The quantitative estimate of drug-likeness (QED) is 0.793. The summed E-state index contributed by atoms with van der Waals surface area (Å²) in [5, 5.41) is 5.68. The number of nitrogens with zero attached hydrogens (tertiary/aromatic N) is 1. The first kappa shape index (κ1) is 17.7. The maximum absolute atomic E-state index is 12.4. The van der Waals surface area contributed by atoms with Crippen molar-refractivity contribution >= 4 is 17.5 Å². The Balaban J connectivity index is 1.53. The van der Waals surface area contributed by atoms with Crippen LogP contribution in [-0.4, -0.2) is 31.0 Å². The summed E-state index contributed by atoms with van der Waals surface area (Å²) >= 11 is 0. The third-order valence-corrected chi connectivity index (χ3v) is 4.35. The van der Waals surface area contributed by atoms with E-state index < -0.39 is 0 Å². The second kappa shape index (κ2) is 7.86. The number of benzene rings is 1. The van der Waals surface area contributed by atoms with Gasteiger partial charge in [-0.3, -0.25) is 14.6 Å².